The number of ether oxygens (including phenoxy) is 1. The van der Waals surface area contributed by atoms with Crippen molar-refractivity contribution in [2.75, 3.05) is 6.61 Å². The lowest BCUT2D eigenvalue weighted by molar-refractivity contribution is -0.203. The summed E-state index contributed by atoms with van der Waals surface area (Å²) in [6.07, 6.45) is 8.00. The van der Waals surface area contributed by atoms with Gasteiger partial charge in [-0.1, -0.05) is 48.0 Å². The van der Waals surface area contributed by atoms with Crippen LogP contribution in [0.25, 0.3) is 0 Å². The fourth-order valence-corrected chi connectivity index (χ4v) is 10.2. The molecule has 4 aliphatic rings. The number of alkyl carbamates (subject to hydrolysis) is 1. The van der Waals surface area contributed by atoms with E-state index in [9.17, 15) is 24.9 Å². The average Bonchev–Trinajstić information content (AvgIpc) is 3.20. The van der Waals surface area contributed by atoms with Gasteiger partial charge in [0, 0.05) is 0 Å². The van der Waals surface area contributed by atoms with Crippen molar-refractivity contribution in [2.24, 2.45) is 58.2 Å². The van der Waals surface area contributed by atoms with Crippen molar-refractivity contribution in [1.29, 1.82) is 0 Å². The molecule has 0 aromatic carbocycles. The second kappa shape index (κ2) is 11.3. The van der Waals surface area contributed by atoms with Gasteiger partial charge in [-0.15, -0.1) is 0 Å². The van der Waals surface area contributed by atoms with Gasteiger partial charge in [0.2, 0.25) is 0 Å². The number of fused-ring (bicyclic) bond motifs is 5. The van der Waals surface area contributed by atoms with Crippen LogP contribution >= 0.6 is 0 Å². The van der Waals surface area contributed by atoms with Gasteiger partial charge in [0.05, 0.1) is 18.8 Å². The van der Waals surface area contributed by atoms with Gasteiger partial charge in [0.15, 0.2) is 0 Å². The first kappa shape index (κ1) is 29.6. The van der Waals surface area contributed by atoms with E-state index in [4.69, 9.17) is 4.74 Å². The van der Waals surface area contributed by atoms with Gasteiger partial charge < -0.3 is 25.4 Å². The number of rotatable bonds is 8. The van der Waals surface area contributed by atoms with Crippen LogP contribution in [0.15, 0.2) is 0 Å². The maximum atomic E-state index is 12.2. The van der Waals surface area contributed by atoms with E-state index in [-0.39, 0.29) is 41.5 Å². The lowest BCUT2D eigenvalue weighted by Crippen LogP contribution is -2.62. The fourth-order valence-electron chi connectivity index (χ4n) is 10.2. The third-order valence-corrected chi connectivity index (χ3v) is 12.2. The minimum atomic E-state index is -1.05. The Balaban J connectivity index is 1.41. The Morgan fingerprint density at radius 1 is 0.974 bits per heavy atom. The number of carboxylic acids is 1. The van der Waals surface area contributed by atoms with Crippen molar-refractivity contribution in [1.82, 2.24) is 5.32 Å². The summed E-state index contributed by atoms with van der Waals surface area (Å²) in [7, 11) is 0. The molecular formula is C31H53NO6. The van der Waals surface area contributed by atoms with Gasteiger partial charge >= 0.3 is 12.1 Å². The number of aliphatic hydroxyl groups excluding tert-OH is 2. The molecule has 4 fully saturated rings. The zero-order valence-electron chi connectivity index (χ0n) is 24.5. The molecule has 4 rings (SSSR count). The van der Waals surface area contributed by atoms with Crippen LogP contribution in [0.2, 0.25) is 0 Å². The number of carbonyl (C=O) groups excluding carboxylic acids is 1. The average molecular weight is 536 g/mol. The monoisotopic (exact) mass is 535 g/mol. The predicted molar refractivity (Wildman–Crippen MR) is 146 cm³/mol. The number of amides is 1. The lowest BCUT2D eigenvalue weighted by atomic mass is 9.41. The van der Waals surface area contributed by atoms with E-state index in [2.05, 4.69) is 33.0 Å². The molecule has 4 saturated carbocycles. The first-order valence-electron chi connectivity index (χ1n) is 15.4. The molecule has 0 heterocycles. The summed E-state index contributed by atoms with van der Waals surface area (Å²) in [5.41, 5.74) is 0.380. The molecule has 0 saturated heterocycles. The Kier molecular flexibility index (Phi) is 8.79. The van der Waals surface area contributed by atoms with E-state index in [0.29, 0.717) is 35.5 Å². The molecule has 4 N–H and O–H groups in total. The Hall–Kier alpha value is -1.34. The van der Waals surface area contributed by atoms with E-state index in [1.165, 1.54) is 6.42 Å². The summed E-state index contributed by atoms with van der Waals surface area (Å²) in [5.74, 6) is 1.68. The second-order valence-electron chi connectivity index (χ2n) is 14.2. The largest absolute Gasteiger partial charge is 0.480 e. The molecule has 0 bridgehead atoms. The molecule has 7 heteroatoms. The van der Waals surface area contributed by atoms with Gasteiger partial charge in [-0.05, 0) is 110 Å². The Bertz CT molecular complexity index is 863. The van der Waals surface area contributed by atoms with Crippen molar-refractivity contribution in [2.45, 2.75) is 118 Å². The van der Waals surface area contributed by atoms with Crippen molar-refractivity contribution >= 4 is 12.1 Å². The molecule has 12 atom stereocenters. The Morgan fingerprint density at radius 2 is 1.63 bits per heavy atom. The van der Waals surface area contributed by atoms with Crippen LogP contribution in [0.1, 0.15) is 99.3 Å². The van der Waals surface area contributed by atoms with Crippen molar-refractivity contribution in [3.05, 3.63) is 0 Å². The number of hydrogen-bond donors (Lipinski definition) is 4. The summed E-state index contributed by atoms with van der Waals surface area (Å²) >= 11 is 0. The quantitative estimate of drug-likeness (QED) is 0.327. The normalized spacial score (nSPS) is 43.9. The van der Waals surface area contributed by atoms with Gasteiger partial charge in [-0.25, -0.2) is 9.59 Å². The lowest BCUT2D eigenvalue weighted by Gasteiger charge is -2.64. The number of hydrogen-bond acceptors (Lipinski definition) is 5. The zero-order chi connectivity index (χ0) is 28.0. The third kappa shape index (κ3) is 5.11. The van der Waals surface area contributed by atoms with Gasteiger partial charge in [-0.3, -0.25) is 0 Å². The highest BCUT2D eigenvalue weighted by atomic mass is 16.5. The Morgan fingerprint density at radius 3 is 2.26 bits per heavy atom. The third-order valence-electron chi connectivity index (χ3n) is 12.2. The standard InChI is InChI=1S/C31H53NO6/c1-7-20-24-16-19(33)10-13-31(24,6)23-11-14-30(5)21(8-9-22(30)25(23)27(20)34)18(4)12-15-38-29(37)32-26(17(2)3)28(35)36/h17-27,33-34H,7-16H2,1-6H3,(H,32,37)(H,35,36)/t18-,19-,20-,21?,22+,23+,24+,25+,26+,27-,30-,31-/m1/s1. The summed E-state index contributed by atoms with van der Waals surface area (Å²) in [6.45, 7) is 13.2. The minimum absolute atomic E-state index is 0.172. The van der Waals surface area contributed by atoms with E-state index >= 15 is 0 Å². The molecule has 38 heavy (non-hydrogen) atoms. The van der Waals surface area contributed by atoms with E-state index in [1.807, 2.05) is 0 Å². The summed E-state index contributed by atoms with van der Waals surface area (Å²) in [5, 5.41) is 34.1. The summed E-state index contributed by atoms with van der Waals surface area (Å²) in [6, 6.07) is -0.952. The highest BCUT2D eigenvalue weighted by molar-refractivity contribution is 5.80. The Labute approximate surface area is 229 Å². The van der Waals surface area contributed by atoms with Crippen molar-refractivity contribution in [3.8, 4) is 0 Å². The first-order valence-corrected chi connectivity index (χ1v) is 15.4. The molecule has 0 aliphatic heterocycles. The maximum Gasteiger partial charge on any atom is 0.407 e. The molecule has 0 aromatic rings. The summed E-state index contributed by atoms with van der Waals surface area (Å²) in [4.78, 5) is 23.6. The van der Waals surface area contributed by atoms with Gasteiger partial charge in [0.1, 0.15) is 6.04 Å². The maximum absolute atomic E-state index is 12.2. The molecule has 0 radical (unpaired) electrons. The van der Waals surface area contributed by atoms with Crippen LogP contribution < -0.4 is 5.32 Å². The van der Waals surface area contributed by atoms with E-state index in [0.717, 1.165) is 51.4 Å². The SMILES string of the molecule is CC[C@H]1[C@@H](O)[C@@H]2[C@H](CC[C@]3(C)C([C@H](C)CCOC(=O)N[C@H](C(=O)O)C(C)C)CC[C@@H]23)[C@@]2(C)CC[C@@H](O)C[C@@H]12. The van der Waals surface area contributed by atoms with E-state index in [1.54, 1.807) is 13.8 Å². The summed E-state index contributed by atoms with van der Waals surface area (Å²) < 4.78 is 5.41. The van der Waals surface area contributed by atoms with Crippen molar-refractivity contribution in [3.63, 3.8) is 0 Å². The smallest absolute Gasteiger partial charge is 0.407 e. The minimum Gasteiger partial charge on any atom is -0.480 e. The van der Waals surface area contributed by atoms with Crippen LogP contribution in [0.3, 0.4) is 0 Å². The second-order valence-corrected chi connectivity index (χ2v) is 14.2. The molecule has 4 aliphatic carbocycles. The van der Waals surface area contributed by atoms with Crippen LogP contribution in [0.5, 0.6) is 0 Å². The number of carbonyl (C=O) groups is 2. The molecule has 218 valence electrons. The molecule has 0 spiro atoms. The number of nitrogens with one attached hydrogen (secondary N) is 1. The number of carboxylic acid groups (broad SMARTS) is 1. The fraction of sp³-hybridized carbons (Fsp3) is 0.935. The predicted octanol–water partition coefficient (Wildman–Crippen LogP) is 5.47. The molecule has 1 unspecified atom stereocenters. The van der Waals surface area contributed by atoms with Crippen LogP contribution in [-0.4, -0.2) is 52.2 Å². The first-order chi connectivity index (χ1) is 17.8. The van der Waals surface area contributed by atoms with Crippen LogP contribution in [-0.2, 0) is 9.53 Å². The topological polar surface area (TPSA) is 116 Å². The molecule has 0 aromatic heterocycles. The van der Waals surface area contributed by atoms with Crippen LogP contribution in [0.4, 0.5) is 4.79 Å². The van der Waals surface area contributed by atoms with Crippen molar-refractivity contribution < 1.29 is 29.6 Å². The van der Waals surface area contributed by atoms with Crippen LogP contribution in [0, 0.1) is 58.2 Å². The number of aliphatic hydroxyl groups is 2. The molecular weight excluding hydrogens is 482 g/mol. The van der Waals surface area contributed by atoms with Gasteiger partial charge in [0.25, 0.3) is 0 Å². The zero-order valence-corrected chi connectivity index (χ0v) is 24.5. The number of aliphatic carboxylic acids is 1. The van der Waals surface area contributed by atoms with Gasteiger partial charge in [-0.2, -0.15) is 0 Å². The highest BCUT2D eigenvalue weighted by Gasteiger charge is 2.64. The molecule has 1 amide bonds. The highest BCUT2D eigenvalue weighted by Crippen LogP contribution is 2.69. The molecule has 7 nitrogen and oxygen atoms in total. The van der Waals surface area contributed by atoms with E-state index < -0.39 is 18.1 Å².